The van der Waals surface area contributed by atoms with E-state index in [-0.39, 0.29) is 40.6 Å². The summed E-state index contributed by atoms with van der Waals surface area (Å²) < 4.78 is 43.2. The average Bonchev–Trinajstić information content (AvgIpc) is 3.03. The molecule has 0 fully saturated rings. The van der Waals surface area contributed by atoms with Crippen molar-refractivity contribution in [3.05, 3.63) is 60.2 Å². The zero-order valence-corrected chi connectivity index (χ0v) is 17.0. The molecule has 0 bridgehead atoms. The van der Waals surface area contributed by atoms with E-state index in [0.29, 0.717) is 16.3 Å². The standard InChI is InChI=1S/C20H19FN4O4S/c1-24(2)30(28,29)23-17-14-4-3-9-22-18(14)19(26)16-15(17)11-25(20(16)27)10-12-5-7-13(21)8-6-12/h3-9,11,23,26-27H,10H2,1-2H3. The fourth-order valence-corrected chi connectivity index (χ4v) is 3.93. The molecule has 30 heavy (non-hydrogen) atoms. The van der Waals surface area contributed by atoms with Crippen molar-refractivity contribution in [2.24, 2.45) is 0 Å². The Balaban J connectivity index is 1.98. The van der Waals surface area contributed by atoms with Crippen LogP contribution in [-0.4, -0.2) is 46.6 Å². The summed E-state index contributed by atoms with van der Waals surface area (Å²) in [5, 5.41) is 22.3. The molecule has 0 radical (unpaired) electrons. The van der Waals surface area contributed by atoms with Gasteiger partial charge in [0.25, 0.3) is 0 Å². The molecule has 0 aliphatic carbocycles. The lowest BCUT2D eigenvalue weighted by atomic mass is 10.1. The molecule has 0 unspecified atom stereocenters. The minimum atomic E-state index is -3.87. The van der Waals surface area contributed by atoms with E-state index in [9.17, 15) is 23.0 Å². The molecule has 4 rings (SSSR count). The average molecular weight is 430 g/mol. The number of anilines is 1. The summed E-state index contributed by atoms with van der Waals surface area (Å²) in [5.41, 5.74) is 1.05. The largest absolute Gasteiger partial charge is 0.505 e. The first-order valence-corrected chi connectivity index (χ1v) is 10.4. The van der Waals surface area contributed by atoms with E-state index < -0.39 is 10.2 Å². The maximum Gasteiger partial charge on any atom is 0.301 e. The molecular weight excluding hydrogens is 411 g/mol. The van der Waals surface area contributed by atoms with Gasteiger partial charge in [-0.05, 0) is 29.8 Å². The second-order valence-electron chi connectivity index (χ2n) is 7.01. The monoisotopic (exact) mass is 430 g/mol. The highest BCUT2D eigenvalue weighted by Crippen LogP contribution is 2.45. The number of aromatic hydroxyl groups is 2. The van der Waals surface area contributed by atoms with Crippen molar-refractivity contribution in [3.8, 4) is 11.6 Å². The number of fused-ring (bicyclic) bond motifs is 2. The quantitative estimate of drug-likeness (QED) is 0.422. The molecule has 0 aliphatic heterocycles. The summed E-state index contributed by atoms with van der Waals surface area (Å²) in [6, 6.07) is 9.02. The van der Waals surface area contributed by atoms with Crippen molar-refractivity contribution in [3.63, 3.8) is 0 Å². The Hall–Kier alpha value is -3.37. The molecule has 2 aromatic carbocycles. The fraction of sp³-hybridized carbons (Fsp3) is 0.150. The van der Waals surface area contributed by atoms with Crippen molar-refractivity contribution in [1.29, 1.82) is 0 Å². The summed E-state index contributed by atoms with van der Waals surface area (Å²) in [5.74, 6) is -0.899. The summed E-state index contributed by atoms with van der Waals surface area (Å²) in [6.45, 7) is 0.184. The first-order valence-electron chi connectivity index (χ1n) is 8.95. The summed E-state index contributed by atoms with van der Waals surface area (Å²) >= 11 is 0. The summed E-state index contributed by atoms with van der Waals surface area (Å²) in [4.78, 5) is 4.15. The van der Waals surface area contributed by atoms with Gasteiger partial charge in [-0.2, -0.15) is 12.7 Å². The second kappa shape index (κ2) is 7.15. The third-order valence-electron chi connectivity index (χ3n) is 4.84. The number of benzene rings is 2. The first kappa shape index (κ1) is 19.9. The van der Waals surface area contributed by atoms with Gasteiger partial charge < -0.3 is 14.8 Å². The van der Waals surface area contributed by atoms with Gasteiger partial charge in [0, 0.05) is 37.3 Å². The number of hydrogen-bond acceptors (Lipinski definition) is 5. The van der Waals surface area contributed by atoms with E-state index in [2.05, 4.69) is 9.71 Å². The van der Waals surface area contributed by atoms with Gasteiger partial charge in [-0.1, -0.05) is 12.1 Å². The maximum absolute atomic E-state index is 13.2. The number of phenols is 1. The van der Waals surface area contributed by atoms with Crippen LogP contribution in [0.15, 0.2) is 48.8 Å². The zero-order valence-electron chi connectivity index (χ0n) is 16.2. The highest BCUT2D eigenvalue weighted by molar-refractivity contribution is 7.90. The Morgan fingerprint density at radius 3 is 2.50 bits per heavy atom. The Kier molecular flexibility index (Phi) is 4.75. The number of halogens is 1. The van der Waals surface area contributed by atoms with Crippen molar-refractivity contribution in [2.45, 2.75) is 6.54 Å². The van der Waals surface area contributed by atoms with Crippen LogP contribution < -0.4 is 4.72 Å². The van der Waals surface area contributed by atoms with Gasteiger partial charge >= 0.3 is 10.2 Å². The molecule has 0 saturated heterocycles. The van der Waals surface area contributed by atoms with E-state index in [4.69, 9.17) is 0 Å². The third kappa shape index (κ3) is 3.29. The number of aromatic nitrogens is 2. The van der Waals surface area contributed by atoms with Gasteiger partial charge in [0.1, 0.15) is 11.3 Å². The smallest absolute Gasteiger partial charge is 0.301 e. The summed E-state index contributed by atoms with van der Waals surface area (Å²) in [6.07, 6.45) is 3.00. The minimum absolute atomic E-state index is 0.0692. The van der Waals surface area contributed by atoms with Crippen molar-refractivity contribution < 1.29 is 23.0 Å². The molecule has 3 N–H and O–H groups in total. The Labute approximate surface area is 172 Å². The third-order valence-corrected chi connectivity index (χ3v) is 6.26. The molecule has 0 aliphatic rings. The van der Waals surface area contributed by atoms with Gasteiger partial charge in [-0.25, -0.2) is 4.39 Å². The fourth-order valence-electron chi connectivity index (χ4n) is 3.27. The van der Waals surface area contributed by atoms with Crippen LogP contribution in [0.3, 0.4) is 0 Å². The zero-order chi connectivity index (χ0) is 21.6. The molecule has 8 nitrogen and oxygen atoms in total. The van der Waals surface area contributed by atoms with Crippen molar-refractivity contribution in [1.82, 2.24) is 13.9 Å². The van der Waals surface area contributed by atoms with E-state index in [0.717, 1.165) is 4.31 Å². The molecule has 0 spiro atoms. The Bertz CT molecular complexity index is 1370. The summed E-state index contributed by atoms with van der Waals surface area (Å²) in [7, 11) is -1.10. The lowest BCUT2D eigenvalue weighted by molar-refractivity contribution is 0.425. The molecule has 10 heteroatoms. The van der Waals surface area contributed by atoms with E-state index in [1.165, 1.54) is 43.2 Å². The minimum Gasteiger partial charge on any atom is -0.505 e. The molecular formula is C20H19FN4O4S. The number of rotatable bonds is 5. The second-order valence-corrected chi connectivity index (χ2v) is 8.89. The van der Waals surface area contributed by atoms with Crippen LogP contribution in [0.1, 0.15) is 5.56 Å². The number of nitrogens with one attached hydrogen (secondary N) is 1. The van der Waals surface area contributed by atoms with Crippen LogP contribution in [0.5, 0.6) is 11.6 Å². The molecule has 4 aromatic rings. The SMILES string of the molecule is CN(C)S(=O)(=O)Nc1c2cccnc2c(O)c2c(O)n(Cc3ccc(F)cc3)cc12. The maximum atomic E-state index is 13.2. The lowest BCUT2D eigenvalue weighted by Gasteiger charge is -2.16. The predicted molar refractivity (Wildman–Crippen MR) is 112 cm³/mol. The van der Waals surface area contributed by atoms with Crippen molar-refractivity contribution >= 4 is 37.6 Å². The number of hydrogen-bond donors (Lipinski definition) is 3. The van der Waals surface area contributed by atoms with E-state index in [1.807, 2.05) is 0 Å². The van der Waals surface area contributed by atoms with Crippen LogP contribution in [0, 0.1) is 5.82 Å². The highest BCUT2D eigenvalue weighted by Gasteiger charge is 2.24. The van der Waals surface area contributed by atoms with Gasteiger partial charge in [-0.3, -0.25) is 9.71 Å². The van der Waals surface area contributed by atoms with Crippen LogP contribution in [-0.2, 0) is 16.8 Å². The van der Waals surface area contributed by atoms with E-state index >= 15 is 0 Å². The van der Waals surface area contributed by atoms with Gasteiger partial charge in [0.15, 0.2) is 5.75 Å². The number of phenolic OH excluding ortho intramolecular Hbond substituents is 1. The first-order chi connectivity index (χ1) is 14.2. The molecule has 0 saturated carbocycles. The number of nitrogens with zero attached hydrogens (tertiary/aromatic N) is 3. The van der Waals surface area contributed by atoms with Gasteiger partial charge in [0.05, 0.1) is 17.6 Å². The van der Waals surface area contributed by atoms with Crippen LogP contribution >= 0.6 is 0 Å². The molecule has 2 aromatic heterocycles. The number of pyridine rings is 1. The molecule has 2 heterocycles. The lowest BCUT2D eigenvalue weighted by Crippen LogP contribution is -2.29. The van der Waals surface area contributed by atoms with Gasteiger partial charge in [-0.15, -0.1) is 0 Å². The van der Waals surface area contributed by atoms with E-state index in [1.54, 1.807) is 24.3 Å². The Morgan fingerprint density at radius 1 is 1.13 bits per heavy atom. The van der Waals surface area contributed by atoms with Crippen LogP contribution in [0.4, 0.5) is 10.1 Å². The normalized spacial score (nSPS) is 12.1. The highest BCUT2D eigenvalue weighted by atomic mass is 32.2. The molecule has 0 amide bonds. The Morgan fingerprint density at radius 2 is 1.83 bits per heavy atom. The molecule has 0 atom stereocenters. The van der Waals surface area contributed by atoms with Crippen molar-refractivity contribution in [2.75, 3.05) is 18.8 Å². The van der Waals surface area contributed by atoms with Gasteiger partial charge in [0.2, 0.25) is 5.88 Å². The van der Waals surface area contributed by atoms with Crippen LogP contribution in [0.2, 0.25) is 0 Å². The topological polar surface area (TPSA) is 108 Å². The predicted octanol–water partition coefficient (Wildman–Crippen LogP) is 3.01. The molecule has 156 valence electrons. The van der Waals surface area contributed by atoms with Crippen LogP contribution in [0.25, 0.3) is 21.7 Å².